The molecule has 1 unspecified atom stereocenters. The van der Waals surface area contributed by atoms with E-state index >= 15 is 0 Å². The Labute approximate surface area is 149 Å². The number of benzene rings is 1. The first kappa shape index (κ1) is 16.7. The Bertz CT molecular complexity index is 813. The van der Waals surface area contributed by atoms with Crippen LogP contribution in [0.25, 0.3) is 0 Å². The van der Waals surface area contributed by atoms with Crippen molar-refractivity contribution in [2.45, 2.75) is 37.8 Å². The number of aliphatic hydroxyl groups excluding tert-OH is 1. The fourth-order valence-electron chi connectivity index (χ4n) is 3.87. The van der Waals surface area contributed by atoms with Crippen molar-refractivity contribution >= 4 is 29.3 Å². The van der Waals surface area contributed by atoms with E-state index in [-0.39, 0.29) is 24.5 Å². The normalized spacial score (nSPS) is 24.1. The van der Waals surface area contributed by atoms with Crippen LogP contribution in [0.3, 0.4) is 0 Å². The molecular weight excluding hydrogens is 338 g/mol. The van der Waals surface area contributed by atoms with Crippen LogP contribution in [0.5, 0.6) is 0 Å². The van der Waals surface area contributed by atoms with Gasteiger partial charge in [-0.3, -0.25) is 29.4 Å². The van der Waals surface area contributed by atoms with E-state index in [9.17, 15) is 24.3 Å². The van der Waals surface area contributed by atoms with E-state index in [2.05, 4.69) is 5.32 Å². The van der Waals surface area contributed by atoms with Crippen molar-refractivity contribution in [3.63, 3.8) is 0 Å². The summed E-state index contributed by atoms with van der Waals surface area (Å²) in [5, 5.41) is 11.9. The van der Waals surface area contributed by atoms with E-state index in [0.29, 0.717) is 37.2 Å². The molecule has 0 radical (unpaired) electrons. The maximum absolute atomic E-state index is 13.0. The average molecular weight is 357 g/mol. The molecule has 1 aromatic rings. The predicted molar refractivity (Wildman–Crippen MR) is 90.6 cm³/mol. The molecule has 26 heavy (non-hydrogen) atoms. The number of anilines is 1. The van der Waals surface area contributed by atoms with Gasteiger partial charge in [0, 0.05) is 19.5 Å². The lowest BCUT2D eigenvalue weighted by Gasteiger charge is -2.32. The average Bonchev–Trinajstić information content (AvgIpc) is 2.87. The first-order valence-electron chi connectivity index (χ1n) is 8.75. The number of carbonyl (C=O) groups excluding carboxylic acids is 4. The van der Waals surface area contributed by atoms with E-state index in [1.54, 1.807) is 18.2 Å². The minimum Gasteiger partial charge on any atom is -0.393 e. The number of hydrogen-bond acceptors (Lipinski definition) is 6. The summed E-state index contributed by atoms with van der Waals surface area (Å²) in [7, 11) is 0. The molecule has 0 spiro atoms. The highest BCUT2D eigenvalue weighted by atomic mass is 16.3. The molecule has 4 rings (SSSR count). The molecule has 2 N–H and O–H groups in total. The van der Waals surface area contributed by atoms with Gasteiger partial charge in [0.05, 0.1) is 22.9 Å². The molecule has 0 bridgehead atoms. The monoisotopic (exact) mass is 357 g/mol. The molecule has 8 nitrogen and oxygen atoms in total. The van der Waals surface area contributed by atoms with Crippen LogP contribution in [0.15, 0.2) is 18.2 Å². The summed E-state index contributed by atoms with van der Waals surface area (Å²) >= 11 is 0. The van der Waals surface area contributed by atoms with E-state index in [0.717, 1.165) is 4.90 Å². The number of piperidine rings is 2. The predicted octanol–water partition coefficient (Wildman–Crippen LogP) is 0.0489. The zero-order valence-corrected chi connectivity index (χ0v) is 14.1. The van der Waals surface area contributed by atoms with Gasteiger partial charge in [-0.2, -0.15) is 0 Å². The molecule has 0 aliphatic carbocycles. The first-order chi connectivity index (χ1) is 12.5. The van der Waals surface area contributed by atoms with E-state index < -0.39 is 29.7 Å². The lowest BCUT2D eigenvalue weighted by Crippen LogP contribution is -2.54. The van der Waals surface area contributed by atoms with Gasteiger partial charge in [-0.15, -0.1) is 0 Å². The van der Waals surface area contributed by atoms with Crippen LogP contribution >= 0.6 is 0 Å². The smallest absolute Gasteiger partial charge is 0.264 e. The summed E-state index contributed by atoms with van der Waals surface area (Å²) in [6, 6.07) is 4.13. The summed E-state index contributed by atoms with van der Waals surface area (Å²) in [4.78, 5) is 52.3. The summed E-state index contributed by atoms with van der Waals surface area (Å²) in [5.41, 5.74) is 1.24. The van der Waals surface area contributed by atoms with Crippen LogP contribution in [0.1, 0.15) is 46.4 Å². The molecule has 136 valence electrons. The van der Waals surface area contributed by atoms with Crippen LogP contribution in [0, 0.1) is 0 Å². The minimum absolute atomic E-state index is 0.0979. The highest BCUT2D eigenvalue weighted by Crippen LogP contribution is 2.35. The Morgan fingerprint density at radius 2 is 1.73 bits per heavy atom. The van der Waals surface area contributed by atoms with Crippen LogP contribution in [-0.4, -0.2) is 58.9 Å². The van der Waals surface area contributed by atoms with Gasteiger partial charge < -0.3 is 10.0 Å². The summed E-state index contributed by atoms with van der Waals surface area (Å²) in [6.45, 7) is 1.19. The van der Waals surface area contributed by atoms with Gasteiger partial charge in [0.1, 0.15) is 6.04 Å². The molecule has 3 aliphatic heterocycles. The second kappa shape index (κ2) is 6.21. The second-order valence-corrected chi connectivity index (χ2v) is 6.87. The van der Waals surface area contributed by atoms with Crippen molar-refractivity contribution in [3.8, 4) is 0 Å². The molecule has 2 fully saturated rings. The summed E-state index contributed by atoms with van der Waals surface area (Å²) in [6.07, 6.45) is 1.09. The Balaban J connectivity index is 1.67. The van der Waals surface area contributed by atoms with Gasteiger partial charge >= 0.3 is 0 Å². The molecule has 3 heterocycles. The van der Waals surface area contributed by atoms with Crippen molar-refractivity contribution in [2.75, 3.05) is 18.0 Å². The molecule has 4 amide bonds. The number of nitrogens with one attached hydrogen (secondary N) is 1. The first-order valence-corrected chi connectivity index (χ1v) is 8.75. The van der Waals surface area contributed by atoms with Gasteiger partial charge in [-0.05, 0) is 31.4 Å². The quantitative estimate of drug-likeness (QED) is 0.724. The number of fused-ring (bicyclic) bond motifs is 1. The van der Waals surface area contributed by atoms with Crippen LogP contribution in [0.2, 0.25) is 0 Å². The van der Waals surface area contributed by atoms with Crippen molar-refractivity contribution in [2.24, 2.45) is 0 Å². The van der Waals surface area contributed by atoms with Gasteiger partial charge in [0.2, 0.25) is 11.8 Å². The number of nitrogens with zero attached hydrogens (tertiary/aromatic N) is 2. The molecule has 8 heteroatoms. The molecule has 3 aliphatic rings. The number of imide groups is 2. The highest BCUT2D eigenvalue weighted by molar-refractivity contribution is 6.25. The topological polar surface area (TPSA) is 107 Å². The number of carbonyl (C=O) groups is 4. The maximum Gasteiger partial charge on any atom is 0.264 e. The zero-order chi connectivity index (χ0) is 18.4. The molecule has 0 saturated carbocycles. The summed E-state index contributed by atoms with van der Waals surface area (Å²) < 4.78 is 0. The highest BCUT2D eigenvalue weighted by Gasteiger charge is 2.46. The van der Waals surface area contributed by atoms with Crippen LogP contribution in [-0.2, 0) is 9.59 Å². The van der Waals surface area contributed by atoms with Gasteiger partial charge in [-0.1, -0.05) is 6.07 Å². The van der Waals surface area contributed by atoms with Crippen molar-refractivity contribution in [1.29, 1.82) is 0 Å². The standard InChI is InChI=1S/C18H19N3O5/c22-10-6-8-20(9-7-10)12-3-1-2-11-15(12)18(26)21(17(11)25)13-4-5-14(23)19-16(13)24/h1-3,10,13,22H,4-9H2,(H,19,23,24). The lowest BCUT2D eigenvalue weighted by atomic mass is 10.0. The third-order valence-electron chi connectivity index (χ3n) is 5.25. The molecule has 0 aromatic heterocycles. The van der Waals surface area contributed by atoms with Crippen molar-refractivity contribution < 1.29 is 24.3 Å². The number of hydrogen-bond donors (Lipinski definition) is 2. The SMILES string of the molecule is O=C1CCC(N2C(=O)c3cccc(N4CCC(O)CC4)c3C2=O)C(=O)N1. The Kier molecular flexibility index (Phi) is 3.99. The van der Waals surface area contributed by atoms with Gasteiger partial charge in [-0.25, -0.2) is 0 Å². The fraction of sp³-hybridized carbons (Fsp3) is 0.444. The van der Waals surface area contributed by atoms with Crippen LogP contribution in [0.4, 0.5) is 5.69 Å². The zero-order valence-electron chi connectivity index (χ0n) is 14.1. The Hall–Kier alpha value is -2.74. The number of aliphatic hydroxyl groups is 1. The van der Waals surface area contributed by atoms with Crippen molar-refractivity contribution in [1.82, 2.24) is 10.2 Å². The van der Waals surface area contributed by atoms with Crippen LogP contribution < -0.4 is 10.2 Å². The maximum atomic E-state index is 13.0. The molecule has 2 saturated heterocycles. The third-order valence-corrected chi connectivity index (χ3v) is 5.25. The van der Waals surface area contributed by atoms with E-state index in [1.807, 2.05) is 4.90 Å². The Morgan fingerprint density at radius 1 is 1.00 bits per heavy atom. The third kappa shape index (κ3) is 2.57. The second-order valence-electron chi connectivity index (χ2n) is 6.87. The number of amides is 4. The molecular formula is C18H19N3O5. The van der Waals surface area contributed by atoms with Gasteiger partial charge in [0.25, 0.3) is 11.8 Å². The van der Waals surface area contributed by atoms with Crippen molar-refractivity contribution in [3.05, 3.63) is 29.3 Å². The number of rotatable bonds is 2. The molecule has 1 atom stereocenters. The summed E-state index contributed by atoms with van der Waals surface area (Å²) in [5.74, 6) is -2.01. The fourth-order valence-corrected chi connectivity index (χ4v) is 3.87. The van der Waals surface area contributed by atoms with E-state index in [4.69, 9.17) is 0 Å². The molecule has 1 aromatic carbocycles. The lowest BCUT2D eigenvalue weighted by molar-refractivity contribution is -0.136. The van der Waals surface area contributed by atoms with Gasteiger partial charge in [0.15, 0.2) is 0 Å². The Morgan fingerprint density at radius 3 is 2.42 bits per heavy atom. The largest absolute Gasteiger partial charge is 0.393 e. The minimum atomic E-state index is -0.962. The van der Waals surface area contributed by atoms with E-state index in [1.165, 1.54) is 0 Å².